The van der Waals surface area contributed by atoms with Crippen molar-refractivity contribution >= 4 is 38.7 Å². The second kappa shape index (κ2) is 2.64. The summed E-state index contributed by atoms with van der Waals surface area (Å²) in [5, 5.41) is 3.71. The Balaban J connectivity index is 2.96. The summed E-state index contributed by atoms with van der Waals surface area (Å²) in [6.07, 6.45) is 0. The minimum Gasteiger partial charge on any atom is -0.398 e. The molecule has 1 aromatic heterocycles. The van der Waals surface area contributed by atoms with Gasteiger partial charge in [-0.2, -0.15) is 0 Å². The first kappa shape index (κ1) is 7.90. The first-order valence-electron chi connectivity index (χ1n) is 3.62. The van der Waals surface area contributed by atoms with Crippen LogP contribution in [0.3, 0.4) is 0 Å². The summed E-state index contributed by atoms with van der Waals surface area (Å²) in [5.74, 6) is 0. The fourth-order valence-electron chi connectivity index (χ4n) is 1.22. The van der Waals surface area contributed by atoms with Gasteiger partial charge in [-0.05, 0) is 18.6 Å². The number of aryl methyl sites for hydroxylation is 1. The monoisotopic (exact) mass is 197 g/mol. The molecule has 2 aromatic rings. The zero-order chi connectivity index (χ0) is 8.72. The van der Waals surface area contributed by atoms with Crippen LogP contribution in [0.1, 0.15) is 5.56 Å². The number of thiophene rings is 1. The molecule has 12 heavy (non-hydrogen) atoms. The normalized spacial score (nSPS) is 10.8. The molecule has 0 spiro atoms. The van der Waals surface area contributed by atoms with Crippen molar-refractivity contribution in [1.29, 1.82) is 0 Å². The van der Waals surface area contributed by atoms with Gasteiger partial charge in [-0.3, -0.25) is 0 Å². The van der Waals surface area contributed by atoms with Crippen molar-refractivity contribution in [2.45, 2.75) is 6.92 Å². The van der Waals surface area contributed by atoms with Gasteiger partial charge in [0.15, 0.2) is 0 Å². The van der Waals surface area contributed by atoms with E-state index in [0.717, 1.165) is 26.4 Å². The van der Waals surface area contributed by atoms with Crippen molar-refractivity contribution in [1.82, 2.24) is 0 Å². The molecular weight excluding hydrogens is 190 g/mol. The zero-order valence-corrected chi connectivity index (χ0v) is 8.17. The molecule has 0 saturated heterocycles. The van der Waals surface area contributed by atoms with Crippen LogP contribution in [0.25, 0.3) is 10.1 Å². The molecule has 0 saturated carbocycles. The largest absolute Gasteiger partial charge is 0.398 e. The minimum atomic E-state index is 0.781. The quantitative estimate of drug-likeness (QED) is 0.688. The maximum Gasteiger partial charge on any atom is 0.0542 e. The molecule has 2 rings (SSSR count). The molecule has 0 radical (unpaired) electrons. The number of hydrogen-bond donors (Lipinski definition) is 1. The first-order valence-corrected chi connectivity index (χ1v) is 4.87. The van der Waals surface area contributed by atoms with Crippen LogP contribution in [0.2, 0.25) is 5.02 Å². The van der Waals surface area contributed by atoms with E-state index in [9.17, 15) is 0 Å². The van der Waals surface area contributed by atoms with Crippen LogP contribution in [0.5, 0.6) is 0 Å². The molecule has 0 bridgehead atoms. The second-order valence-electron chi connectivity index (χ2n) is 2.76. The lowest BCUT2D eigenvalue weighted by Crippen LogP contribution is -1.82. The van der Waals surface area contributed by atoms with Crippen LogP contribution in [0.15, 0.2) is 17.5 Å². The van der Waals surface area contributed by atoms with Crippen LogP contribution in [0.4, 0.5) is 5.69 Å². The predicted molar refractivity (Wildman–Crippen MR) is 56.0 cm³/mol. The van der Waals surface area contributed by atoms with E-state index in [2.05, 4.69) is 6.07 Å². The van der Waals surface area contributed by atoms with Crippen molar-refractivity contribution in [2.75, 3.05) is 5.73 Å². The van der Waals surface area contributed by atoms with E-state index in [-0.39, 0.29) is 0 Å². The third kappa shape index (κ3) is 0.993. The molecule has 2 N–H and O–H groups in total. The average Bonchev–Trinajstić information content (AvgIpc) is 2.41. The maximum atomic E-state index is 6.10. The Bertz CT molecular complexity index is 433. The van der Waals surface area contributed by atoms with Crippen molar-refractivity contribution < 1.29 is 0 Å². The van der Waals surface area contributed by atoms with Gasteiger partial charge in [0.2, 0.25) is 0 Å². The van der Waals surface area contributed by atoms with Crippen molar-refractivity contribution in [3.05, 3.63) is 28.1 Å². The summed E-state index contributed by atoms with van der Waals surface area (Å²) in [4.78, 5) is 0. The average molecular weight is 198 g/mol. The number of halogens is 1. The van der Waals surface area contributed by atoms with Crippen molar-refractivity contribution in [2.24, 2.45) is 0 Å². The fraction of sp³-hybridized carbons (Fsp3) is 0.111. The van der Waals surface area contributed by atoms with Gasteiger partial charge in [0.25, 0.3) is 0 Å². The number of rotatable bonds is 0. The van der Waals surface area contributed by atoms with Crippen LogP contribution in [-0.2, 0) is 0 Å². The molecule has 1 heterocycles. The van der Waals surface area contributed by atoms with E-state index in [1.165, 1.54) is 0 Å². The van der Waals surface area contributed by atoms with Crippen LogP contribution < -0.4 is 5.73 Å². The van der Waals surface area contributed by atoms with E-state index in [4.69, 9.17) is 17.3 Å². The summed E-state index contributed by atoms with van der Waals surface area (Å²) < 4.78 is 1.16. The third-order valence-corrected chi connectivity index (χ3v) is 3.35. The number of nitrogens with two attached hydrogens (primary N) is 1. The van der Waals surface area contributed by atoms with Crippen LogP contribution in [0, 0.1) is 6.92 Å². The van der Waals surface area contributed by atoms with Gasteiger partial charge in [0.05, 0.1) is 10.7 Å². The molecule has 1 nitrogen and oxygen atoms in total. The molecule has 0 aliphatic carbocycles. The van der Waals surface area contributed by atoms with Crippen molar-refractivity contribution in [3.63, 3.8) is 0 Å². The van der Waals surface area contributed by atoms with E-state index >= 15 is 0 Å². The highest BCUT2D eigenvalue weighted by atomic mass is 35.5. The second-order valence-corrected chi connectivity index (χ2v) is 4.05. The smallest absolute Gasteiger partial charge is 0.0542 e. The lowest BCUT2D eigenvalue weighted by Gasteiger charge is -1.99. The third-order valence-electron chi connectivity index (χ3n) is 1.90. The molecule has 0 amide bonds. The van der Waals surface area contributed by atoms with Gasteiger partial charge < -0.3 is 5.73 Å². The van der Waals surface area contributed by atoms with Crippen molar-refractivity contribution in [3.8, 4) is 0 Å². The number of hydrogen-bond acceptors (Lipinski definition) is 2. The summed E-state index contributed by atoms with van der Waals surface area (Å²) in [7, 11) is 0. The van der Waals surface area contributed by atoms with E-state index in [1.54, 1.807) is 11.3 Å². The molecule has 1 aromatic carbocycles. The topological polar surface area (TPSA) is 26.0 Å². The molecule has 0 unspecified atom stereocenters. The van der Waals surface area contributed by atoms with Gasteiger partial charge in [-0.25, -0.2) is 0 Å². The molecular formula is C9H8ClNS. The SMILES string of the molecule is Cc1ccc2scc(N)c2c1Cl. The zero-order valence-electron chi connectivity index (χ0n) is 6.60. The van der Waals surface area contributed by atoms with E-state index in [1.807, 2.05) is 18.4 Å². The lowest BCUT2D eigenvalue weighted by molar-refractivity contribution is 1.51. The predicted octanol–water partition coefficient (Wildman–Crippen LogP) is 3.45. The summed E-state index contributed by atoms with van der Waals surface area (Å²) in [6.45, 7) is 1.98. The molecule has 0 fully saturated rings. The molecule has 0 atom stereocenters. The van der Waals surface area contributed by atoms with Gasteiger partial charge in [0, 0.05) is 15.5 Å². The summed E-state index contributed by atoms with van der Waals surface area (Å²) >= 11 is 7.73. The highest BCUT2D eigenvalue weighted by molar-refractivity contribution is 7.18. The first-order chi connectivity index (χ1) is 5.70. The Morgan fingerprint density at radius 2 is 2.17 bits per heavy atom. The molecule has 0 aliphatic heterocycles. The number of anilines is 1. The molecule has 0 aliphatic rings. The fourth-order valence-corrected chi connectivity index (χ4v) is 2.40. The Labute approximate surface area is 79.8 Å². The molecule has 62 valence electrons. The summed E-state index contributed by atoms with van der Waals surface area (Å²) in [5.41, 5.74) is 7.63. The van der Waals surface area contributed by atoms with Gasteiger partial charge in [-0.1, -0.05) is 17.7 Å². The van der Waals surface area contributed by atoms with Gasteiger partial charge >= 0.3 is 0 Å². The maximum absolute atomic E-state index is 6.10. The van der Waals surface area contributed by atoms with Crippen LogP contribution in [-0.4, -0.2) is 0 Å². The summed E-state index contributed by atoms with van der Waals surface area (Å²) in [6, 6.07) is 4.07. The number of benzene rings is 1. The minimum absolute atomic E-state index is 0.781. The molecule has 3 heteroatoms. The standard InChI is InChI=1S/C9H8ClNS/c1-5-2-3-7-8(9(5)10)6(11)4-12-7/h2-4H,11H2,1H3. The van der Waals surface area contributed by atoms with E-state index in [0.29, 0.717) is 0 Å². The van der Waals surface area contributed by atoms with Crippen LogP contribution >= 0.6 is 22.9 Å². The van der Waals surface area contributed by atoms with Gasteiger partial charge in [-0.15, -0.1) is 11.3 Å². The Hall–Kier alpha value is -0.730. The number of nitrogen functional groups attached to an aromatic ring is 1. The lowest BCUT2D eigenvalue weighted by atomic mass is 10.2. The highest BCUT2D eigenvalue weighted by Crippen LogP contribution is 2.35. The Kier molecular flexibility index (Phi) is 1.74. The van der Waals surface area contributed by atoms with E-state index < -0.39 is 0 Å². The Morgan fingerprint density at radius 3 is 2.92 bits per heavy atom. The van der Waals surface area contributed by atoms with Gasteiger partial charge in [0.1, 0.15) is 0 Å². The highest BCUT2D eigenvalue weighted by Gasteiger charge is 2.06. The Morgan fingerprint density at radius 1 is 1.42 bits per heavy atom. The number of fused-ring (bicyclic) bond motifs is 1.